The standard InChI is InChI=1S/2C23H28ClN3O3S/c2*1-22(2)13-27(3)10-8-15-4-5-16(12-17(15)22)25-21(29)23(9-11-30-14-23)26-20(28)18-6-7-19(24)31-18/h2*4-7,12H,8-11,13-14H2,1-3H3,(H,25,29)(H,26,28)/t2*23-/m10/s1. The van der Waals surface area contributed by atoms with Crippen molar-refractivity contribution in [3.8, 4) is 0 Å². The Morgan fingerprint density at radius 3 is 1.35 bits per heavy atom. The lowest BCUT2D eigenvalue weighted by Crippen LogP contribution is -2.57. The molecule has 2 aromatic heterocycles. The summed E-state index contributed by atoms with van der Waals surface area (Å²) in [6, 6.07) is 18.9. The van der Waals surface area contributed by atoms with Crippen LogP contribution in [0.1, 0.15) is 82.1 Å². The molecule has 2 atom stereocenters. The lowest BCUT2D eigenvalue weighted by atomic mass is 9.81. The van der Waals surface area contributed by atoms with Gasteiger partial charge in [0.05, 0.1) is 31.6 Å². The molecule has 0 bridgehead atoms. The van der Waals surface area contributed by atoms with Gasteiger partial charge in [-0.2, -0.15) is 0 Å². The van der Waals surface area contributed by atoms with E-state index in [-0.39, 0.29) is 47.7 Å². The van der Waals surface area contributed by atoms with Gasteiger partial charge >= 0.3 is 0 Å². The fourth-order valence-electron chi connectivity index (χ4n) is 9.04. The summed E-state index contributed by atoms with van der Waals surface area (Å²) in [4.78, 5) is 57.7. The number of halogens is 2. The van der Waals surface area contributed by atoms with Crippen LogP contribution in [0.15, 0.2) is 60.7 Å². The van der Waals surface area contributed by atoms with Crippen LogP contribution in [0.3, 0.4) is 0 Å². The predicted molar refractivity (Wildman–Crippen MR) is 249 cm³/mol. The molecule has 8 rings (SSSR count). The lowest BCUT2D eigenvalue weighted by molar-refractivity contribution is -0.122. The molecule has 4 N–H and O–H groups in total. The lowest BCUT2D eigenvalue weighted by Gasteiger charge is -2.30. The second-order valence-corrected chi connectivity index (χ2v) is 21.7. The Labute approximate surface area is 382 Å². The van der Waals surface area contributed by atoms with Crippen LogP contribution in [0.2, 0.25) is 8.67 Å². The van der Waals surface area contributed by atoms with Gasteiger partial charge in [0.2, 0.25) is 0 Å². The van der Waals surface area contributed by atoms with E-state index in [4.69, 9.17) is 32.7 Å². The van der Waals surface area contributed by atoms with Gasteiger partial charge in [-0.15, -0.1) is 22.7 Å². The molecule has 0 unspecified atom stereocenters. The van der Waals surface area contributed by atoms with Crippen LogP contribution in [-0.2, 0) is 42.7 Å². The number of benzene rings is 2. The molecule has 332 valence electrons. The van der Waals surface area contributed by atoms with Gasteiger partial charge < -0.3 is 40.5 Å². The minimum absolute atomic E-state index is 0.0257. The zero-order chi connectivity index (χ0) is 44.5. The van der Waals surface area contributed by atoms with E-state index in [0.717, 1.165) is 50.4 Å². The SMILES string of the molecule is CN1CCc2ccc(NC(=O)[C@@]3(NC(=O)c4ccc(Cl)s4)CCOC3)cc2C(C)(C)C1.CN1CCc2ccc(NC(=O)[C@]3(NC(=O)c4ccc(Cl)s4)CCOC3)cc2C(C)(C)C1. The highest BCUT2D eigenvalue weighted by Gasteiger charge is 2.45. The third kappa shape index (κ3) is 10.4. The molecular formula is C46H56Cl2N6O6S2. The molecule has 0 radical (unpaired) electrons. The number of carbonyl (C=O) groups excluding carboxylic acids is 4. The first-order valence-corrected chi connectivity index (χ1v) is 23.3. The van der Waals surface area contributed by atoms with E-state index in [1.807, 2.05) is 12.1 Å². The van der Waals surface area contributed by atoms with Crippen LogP contribution in [0.5, 0.6) is 0 Å². The van der Waals surface area contributed by atoms with Crippen LogP contribution in [0.25, 0.3) is 0 Å². The van der Waals surface area contributed by atoms with Gasteiger partial charge in [-0.25, -0.2) is 0 Å². The van der Waals surface area contributed by atoms with Gasteiger partial charge in [0, 0.05) is 74.4 Å². The number of rotatable bonds is 8. The molecule has 0 saturated carbocycles. The molecule has 62 heavy (non-hydrogen) atoms. The zero-order valence-electron chi connectivity index (χ0n) is 36.2. The van der Waals surface area contributed by atoms with Gasteiger partial charge in [0.1, 0.15) is 11.1 Å². The second kappa shape index (κ2) is 18.7. The van der Waals surface area contributed by atoms with Crippen LogP contribution < -0.4 is 21.3 Å². The molecule has 6 heterocycles. The summed E-state index contributed by atoms with van der Waals surface area (Å²) in [6.45, 7) is 14.0. The molecular weight excluding hydrogens is 868 g/mol. The molecule has 4 amide bonds. The Hall–Kier alpha value is -3.86. The first-order chi connectivity index (χ1) is 29.4. The quantitative estimate of drug-likeness (QED) is 0.144. The molecule has 0 spiro atoms. The van der Waals surface area contributed by atoms with Crippen molar-refractivity contribution >= 4 is 80.9 Å². The van der Waals surface area contributed by atoms with Gasteiger partial charge in [0.25, 0.3) is 23.6 Å². The van der Waals surface area contributed by atoms with E-state index in [0.29, 0.717) is 44.5 Å². The average molecular weight is 924 g/mol. The number of likely N-dealkylation sites (N-methyl/N-ethyl adjacent to an activating group) is 2. The normalized spacial score (nSPS) is 23.1. The summed E-state index contributed by atoms with van der Waals surface area (Å²) < 4.78 is 12.1. The first kappa shape index (κ1) is 46.1. The largest absolute Gasteiger partial charge is 0.378 e. The van der Waals surface area contributed by atoms with Crippen molar-refractivity contribution in [2.45, 2.75) is 75.3 Å². The highest BCUT2D eigenvalue weighted by molar-refractivity contribution is 7.18. The molecule has 2 aromatic carbocycles. The number of hydrogen-bond acceptors (Lipinski definition) is 10. The Morgan fingerprint density at radius 1 is 0.613 bits per heavy atom. The van der Waals surface area contributed by atoms with E-state index in [2.05, 4.69) is 97.1 Å². The van der Waals surface area contributed by atoms with Crippen LogP contribution in [0, 0.1) is 0 Å². The maximum absolute atomic E-state index is 13.3. The number of anilines is 2. The molecule has 4 aliphatic heterocycles. The Balaban J connectivity index is 0.000000186. The molecule has 4 aliphatic rings. The highest BCUT2D eigenvalue weighted by atomic mass is 35.5. The number of amides is 4. The van der Waals surface area contributed by atoms with E-state index >= 15 is 0 Å². The monoisotopic (exact) mass is 922 g/mol. The van der Waals surface area contributed by atoms with Crippen molar-refractivity contribution < 1.29 is 28.7 Å². The predicted octanol–water partition coefficient (Wildman–Crippen LogP) is 7.39. The molecule has 16 heteroatoms. The highest BCUT2D eigenvalue weighted by Crippen LogP contribution is 2.35. The summed E-state index contributed by atoms with van der Waals surface area (Å²) in [5, 5.41) is 11.9. The van der Waals surface area contributed by atoms with Crippen molar-refractivity contribution in [2.24, 2.45) is 0 Å². The minimum atomic E-state index is -1.10. The van der Waals surface area contributed by atoms with Crippen LogP contribution in [-0.4, -0.2) is 111 Å². The number of nitrogens with zero attached hydrogens (tertiary/aromatic N) is 2. The summed E-state index contributed by atoms with van der Waals surface area (Å²) in [7, 11) is 4.28. The Kier molecular flexibility index (Phi) is 13.9. The molecule has 4 aromatic rings. The first-order valence-electron chi connectivity index (χ1n) is 21.0. The summed E-state index contributed by atoms with van der Waals surface area (Å²) in [5.74, 6) is -1.15. The average Bonchev–Trinajstić information content (AvgIpc) is 4.04. The molecule has 2 fully saturated rings. The summed E-state index contributed by atoms with van der Waals surface area (Å²) in [6.07, 6.45) is 2.82. The van der Waals surface area contributed by atoms with E-state index < -0.39 is 11.1 Å². The molecule has 12 nitrogen and oxygen atoms in total. The van der Waals surface area contributed by atoms with Gasteiger partial charge in [-0.1, -0.05) is 63.0 Å². The smallest absolute Gasteiger partial charge is 0.262 e. The minimum Gasteiger partial charge on any atom is -0.378 e. The van der Waals surface area contributed by atoms with Crippen molar-refractivity contribution in [1.82, 2.24) is 20.4 Å². The number of carbonyl (C=O) groups is 4. The Bertz CT molecular complexity index is 2160. The van der Waals surface area contributed by atoms with Gasteiger partial charge in [-0.3, -0.25) is 19.2 Å². The maximum Gasteiger partial charge on any atom is 0.262 e. The van der Waals surface area contributed by atoms with Crippen LogP contribution in [0.4, 0.5) is 11.4 Å². The third-order valence-electron chi connectivity index (χ3n) is 12.3. The van der Waals surface area contributed by atoms with Crippen molar-refractivity contribution in [3.05, 3.63) is 101 Å². The van der Waals surface area contributed by atoms with Crippen molar-refractivity contribution in [1.29, 1.82) is 0 Å². The zero-order valence-corrected chi connectivity index (χ0v) is 39.3. The number of thiophene rings is 2. The van der Waals surface area contributed by atoms with Crippen molar-refractivity contribution in [3.63, 3.8) is 0 Å². The third-order valence-corrected chi connectivity index (χ3v) is 14.7. The van der Waals surface area contributed by atoms with E-state index in [9.17, 15) is 19.2 Å². The topological polar surface area (TPSA) is 141 Å². The van der Waals surface area contributed by atoms with E-state index in [1.165, 1.54) is 44.9 Å². The maximum atomic E-state index is 13.3. The fraction of sp³-hybridized carbons (Fsp3) is 0.478. The van der Waals surface area contributed by atoms with Crippen LogP contribution >= 0.6 is 45.9 Å². The molecule has 2 saturated heterocycles. The fourth-order valence-corrected chi connectivity index (χ4v) is 10.9. The summed E-state index contributed by atoms with van der Waals surface area (Å²) in [5.41, 5.74) is 4.36. The molecule has 0 aliphatic carbocycles. The number of ether oxygens (including phenoxy) is 2. The van der Waals surface area contributed by atoms with E-state index in [1.54, 1.807) is 24.3 Å². The number of nitrogens with one attached hydrogen (secondary N) is 4. The van der Waals surface area contributed by atoms with Gasteiger partial charge in [-0.05, 0) is 97.7 Å². The Morgan fingerprint density at radius 2 is 1.02 bits per heavy atom. The van der Waals surface area contributed by atoms with Crippen molar-refractivity contribution in [2.75, 3.05) is 77.3 Å². The van der Waals surface area contributed by atoms with Gasteiger partial charge in [0.15, 0.2) is 0 Å². The summed E-state index contributed by atoms with van der Waals surface area (Å²) >= 11 is 14.3. The second-order valence-electron chi connectivity index (χ2n) is 18.3. The number of fused-ring (bicyclic) bond motifs is 2. The number of hydrogen-bond donors (Lipinski definition) is 4.